The Labute approximate surface area is 236 Å². The summed E-state index contributed by atoms with van der Waals surface area (Å²) >= 11 is 0. The Morgan fingerprint density at radius 2 is 1.51 bits per heavy atom. The average molecular weight is 545 g/mol. The second-order valence-electron chi connectivity index (χ2n) is 14.1. The Balaban J connectivity index is 1.70. The van der Waals surface area contributed by atoms with Crippen molar-refractivity contribution in [3.63, 3.8) is 0 Å². The van der Waals surface area contributed by atoms with Gasteiger partial charge in [-0.15, -0.1) is 0 Å². The van der Waals surface area contributed by atoms with Crippen LogP contribution in [0.1, 0.15) is 113 Å². The number of allylic oxidation sites excluding steroid dienone is 2. The summed E-state index contributed by atoms with van der Waals surface area (Å²) in [6.45, 7) is 16.0. The van der Waals surface area contributed by atoms with E-state index in [9.17, 15) is 14.4 Å². The molecule has 39 heavy (non-hydrogen) atoms. The molecule has 6 heteroatoms. The highest BCUT2D eigenvalue weighted by Crippen LogP contribution is 2.69. The first-order chi connectivity index (χ1) is 18.3. The summed E-state index contributed by atoms with van der Waals surface area (Å²) < 4.78 is 18.1. The standard InChI is InChI=1S/C33H52O6/c1-19(2)10-9-11-20(3)26-12-13-27-31-28(18-30(33(26,27)8)39-23(6)36)32(7)15-14-25(37-21(4)34)16-24(32)17-29(31)38-22(5)35/h10,20,24-31H,9,11-18H2,1-8H3/t20-,24+,25-,26-,27+,28+,29-,30+,31+,32+,33-/m1/s1. The predicted molar refractivity (Wildman–Crippen MR) is 150 cm³/mol. The summed E-state index contributed by atoms with van der Waals surface area (Å²) in [7, 11) is 0. The highest BCUT2D eigenvalue weighted by molar-refractivity contribution is 5.67. The number of fused-ring (bicyclic) bond motifs is 5. The smallest absolute Gasteiger partial charge is 0.302 e. The van der Waals surface area contributed by atoms with E-state index in [-0.39, 0.29) is 53.0 Å². The molecule has 0 N–H and O–H groups in total. The van der Waals surface area contributed by atoms with Crippen molar-refractivity contribution in [1.82, 2.24) is 0 Å². The zero-order valence-corrected chi connectivity index (χ0v) is 25.6. The van der Waals surface area contributed by atoms with Crippen LogP contribution in [0.4, 0.5) is 0 Å². The molecule has 220 valence electrons. The van der Waals surface area contributed by atoms with Gasteiger partial charge in [0.15, 0.2) is 0 Å². The van der Waals surface area contributed by atoms with Crippen molar-refractivity contribution in [1.29, 1.82) is 0 Å². The molecule has 4 rings (SSSR count). The second-order valence-corrected chi connectivity index (χ2v) is 14.1. The summed E-state index contributed by atoms with van der Waals surface area (Å²) in [6, 6.07) is 0. The van der Waals surface area contributed by atoms with Gasteiger partial charge < -0.3 is 14.2 Å². The number of esters is 3. The lowest BCUT2D eigenvalue weighted by Gasteiger charge is -2.64. The molecule has 4 saturated carbocycles. The van der Waals surface area contributed by atoms with Crippen molar-refractivity contribution in [3.05, 3.63) is 11.6 Å². The maximum Gasteiger partial charge on any atom is 0.302 e. The first-order valence-corrected chi connectivity index (χ1v) is 15.4. The van der Waals surface area contributed by atoms with Crippen molar-refractivity contribution in [2.75, 3.05) is 0 Å². The van der Waals surface area contributed by atoms with Crippen LogP contribution in [-0.4, -0.2) is 36.2 Å². The van der Waals surface area contributed by atoms with Crippen LogP contribution in [0.5, 0.6) is 0 Å². The van der Waals surface area contributed by atoms with Gasteiger partial charge in [-0.1, -0.05) is 32.4 Å². The maximum absolute atomic E-state index is 12.5. The van der Waals surface area contributed by atoms with Crippen LogP contribution in [-0.2, 0) is 28.6 Å². The predicted octanol–water partition coefficient (Wildman–Crippen LogP) is 7.04. The minimum atomic E-state index is -0.229. The molecular formula is C33H52O6. The largest absolute Gasteiger partial charge is 0.463 e. The number of hydrogen-bond acceptors (Lipinski definition) is 6. The molecule has 11 atom stereocenters. The third-order valence-corrected chi connectivity index (χ3v) is 11.6. The Morgan fingerprint density at radius 1 is 0.846 bits per heavy atom. The highest BCUT2D eigenvalue weighted by Gasteiger charge is 2.67. The summed E-state index contributed by atoms with van der Waals surface area (Å²) in [4.78, 5) is 36.6. The molecule has 0 amide bonds. The zero-order chi connectivity index (χ0) is 28.7. The fourth-order valence-electron chi connectivity index (χ4n) is 9.95. The van der Waals surface area contributed by atoms with Crippen LogP contribution in [0.15, 0.2) is 11.6 Å². The Bertz CT molecular complexity index is 967. The van der Waals surface area contributed by atoms with Gasteiger partial charge in [0, 0.05) is 32.1 Å². The minimum Gasteiger partial charge on any atom is -0.463 e. The van der Waals surface area contributed by atoms with Crippen LogP contribution in [0.3, 0.4) is 0 Å². The lowest BCUT2D eigenvalue weighted by atomic mass is 9.43. The van der Waals surface area contributed by atoms with Crippen LogP contribution in [0.2, 0.25) is 0 Å². The second kappa shape index (κ2) is 11.6. The zero-order valence-electron chi connectivity index (χ0n) is 25.6. The van der Waals surface area contributed by atoms with E-state index < -0.39 is 0 Å². The summed E-state index contributed by atoms with van der Waals surface area (Å²) in [6.07, 6.45) is 10.7. The quantitative estimate of drug-likeness (QED) is 0.194. The third kappa shape index (κ3) is 5.81. The van der Waals surface area contributed by atoms with Crippen molar-refractivity contribution >= 4 is 17.9 Å². The van der Waals surface area contributed by atoms with Gasteiger partial charge in [-0.05, 0) is 107 Å². The summed E-state index contributed by atoms with van der Waals surface area (Å²) in [5, 5.41) is 0. The van der Waals surface area contributed by atoms with Crippen molar-refractivity contribution < 1.29 is 28.6 Å². The van der Waals surface area contributed by atoms with Gasteiger partial charge in [0.05, 0.1) is 0 Å². The topological polar surface area (TPSA) is 78.9 Å². The van der Waals surface area contributed by atoms with Crippen LogP contribution in [0.25, 0.3) is 0 Å². The van der Waals surface area contributed by atoms with E-state index in [1.165, 1.54) is 19.4 Å². The maximum atomic E-state index is 12.5. The van der Waals surface area contributed by atoms with Crippen LogP contribution < -0.4 is 0 Å². The number of hydrogen-bond donors (Lipinski definition) is 0. The van der Waals surface area contributed by atoms with Gasteiger partial charge in [-0.2, -0.15) is 0 Å². The number of ether oxygens (including phenoxy) is 3. The molecule has 4 aliphatic carbocycles. The van der Waals surface area contributed by atoms with E-state index in [0.29, 0.717) is 29.6 Å². The average Bonchev–Trinajstić information content (AvgIpc) is 3.17. The Morgan fingerprint density at radius 3 is 2.13 bits per heavy atom. The van der Waals surface area contributed by atoms with Gasteiger partial charge in [0.25, 0.3) is 0 Å². The van der Waals surface area contributed by atoms with Crippen molar-refractivity contribution in [2.45, 2.75) is 131 Å². The number of carbonyl (C=O) groups excluding carboxylic acids is 3. The lowest BCUT2D eigenvalue weighted by molar-refractivity contribution is -0.224. The molecule has 0 heterocycles. The molecule has 0 saturated heterocycles. The molecule has 4 fully saturated rings. The third-order valence-electron chi connectivity index (χ3n) is 11.6. The molecule has 0 radical (unpaired) electrons. The number of rotatable bonds is 7. The van der Waals surface area contributed by atoms with Gasteiger partial charge in [-0.25, -0.2) is 0 Å². The van der Waals surface area contributed by atoms with Gasteiger partial charge >= 0.3 is 17.9 Å². The molecule has 0 aromatic rings. The first-order valence-electron chi connectivity index (χ1n) is 15.4. The molecule has 0 aliphatic heterocycles. The van der Waals surface area contributed by atoms with E-state index in [0.717, 1.165) is 57.8 Å². The van der Waals surface area contributed by atoms with Gasteiger partial charge in [0.2, 0.25) is 0 Å². The summed E-state index contributed by atoms with van der Waals surface area (Å²) in [5.41, 5.74) is 1.24. The Kier molecular flexibility index (Phi) is 8.93. The van der Waals surface area contributed by atoms with E-state index in [2.05, 4.69) is 40.7 Å². The molecule has 6 nitrogen and oxygen atoms in total. The summed E-state index contributed by atoms with van der Waals surface area (Å²) in [5.74, 6) is 1.51. The van der Waals surface area contributed by atoms with Crippen LogP contribution >= 0.6 is 0 Å². The SMILES string of the molecule is CC(=O)O[C@@H]1CC[C@@]2(C)[C@@H](C1)C[C@@H](OC(C)=O)[C@@H]1[C@@H]2C[C@H](OC(C)=O)[C@]2(C)[C@@H]([C@H](C)CCC=C(C)C)CC[C@@H]12. The van der Waals surface area contributed by atoms with E-state index >= 15 is 0 Å². The monoisotopic (exact) mass is 544 g/mol. The fourth-order valence-corrected chi connectivity index (χ4v) is 9.95. The molecule has 0 aromatic carbocycles. The number of carbonyl (C=O) groups is 3. The van der Waals surface area contributed by atoms with Gasteiger partial charge in [-0.3, -0.25) is 14.4 Å². The lowest BCUT2D eigenvalue weighted by Crippen LogP contribution is -2.63. The Hall–Kier alpha value is -1.85. The normalized spacial score (nSPS) is 41.7. The highest BCUT2D eigenvalue weighted by atomic mass is 16.6. The molecule has 0 unspecified atom stereocenters. The van der Waals surface area contributed by atoms with Crippen LogP contribution in [0, 0.1) is 46.3 Å². The molecule has 4 aliphatic rings. The van der Waals surface area contributed by atoms with Crippen molar-refractivity contribution in [2.24, 2.45) is 46.3 Å². The van der Waals surface area contributed by atoms with Crippen molar-refractivity contribution in [3.8, 4) is 0 Å². The molecule has 0 spiro atoms. The fraction of sp³-hybridized carbons (Fsp3) is 0.848. The first kappa shape index (κ1) is 30.1. The molecule has 0 aromatic heterocycles. The minimum absolute atomic E-state index is 0.0326. The van der Waals surface area contributed by atoms with E-state index in [1.807, 2.05) is 0 Å². The van der Waals surface area contributed by atoms with E-state index in [1.54, 1.807) is 6.92 Å². The van der Waals surface area contributed by atoms with Gasteiger partial charge in [0.1, 0.15) is 18.3 Å². The molecule has 0 bridgehead atoms. The van der Waals surface area contributed by atoms with E-state index in [4.69, 9.17) is 14.2 Å². The molecular weight excluding hydrogens is 492 g/mol.